The maximum absolute atomic E-state index is 12.5. The Bertz CT molecular complexity index is 775. The minimum absolute atomic E-state index is 0.0828. The molecule has 1 heterocycles. The summed E-state index contributed by atoms with van der Waals surface area (Å²) in [5.41, 5.74) is 3.70. The van der Waals surface area contributed by atoms with Crippen LogP contribution in [0.3, 0.4) is 0 Å². The lowest BCUT2D eigenvalue weighted by Crippen LogP contribution is -2.47. The summed E-state index contributed by atoms with van der Waals surface area (Å²) in [6.07, 6.45) is 3.55. The summed E-state index contributed by atoms with van der Waals surface area (Å²) in [4.78, 5) is 16.8. The van der Waals surface area contributed by atoms with E-state index in [2.05, 4.69) is 36.1 Å². The van der Waals surface area contributed by atoms with Crippen LogP contribution in [0.15, 0.2) is 54.6 Å². The van der Waals surface area contributed by atoms with Crippen molar-refractivity contribution in [3.05, 3.63) is 71.3 Å². The van der Waals surface area contributed by atoms with Crippen LogP contribution in [0, 0.1) is 6.92 Å². The smallest absolute Gasteiger partial charge is 0.246 e. The molecule has 1 aliphatic heterocycles. The highest BCUT2D eigenvalue weighted by Crippen LogP contribution is 2.15. The Balaban J connectivity index is 1.48. The van der Waals surface area contributed by atoms with Crippen LogP contribution >= 0.6 is 0 Å². The first-order valence-corrected chi connectivity index (χ1v) is 9.62. The van der Waals surface area contributed by atoms with E-state index in [0.29, 0.717) is 6.61 Å². The molecule has 3 rings (SSSR count). The lowest BCUT2D eigenvalue weighted by Gasteiger charge is -2.34. The standard InChI is InChI=1S/C23H28N2O2/c1-3-27-22-11-8-20(9-12-22)10-13-23(26)25-16-14-24(15-17-25)18-21-7-5-4-6-19(21)2/h4-13H,3,14-18H2,1-2H3/b13-10+. The number of nitrogens with zero attached hydrogens (tertiary/aromatic N) is 2. The molecule has 2 aromatic carbocycles. The first-order valence-electron chi connectivity index (χ1n) is 9.62. The average Bonchev–Trinajstić information content (AvgIpc) is 2.70. The molecular weight excluding hydrogens is 336 g/mol. The fraction of sp³-hybridized carbons (Fsp3) is 0.348. The van der Waals surface area contributed by atoms with E-state index in [0.717, 1.165) is 44.0 Å². The molecule has 0 bridgehead atoms. The Kier molecular flexibility index (Phi) is 6.66. The number of carbonyl (C=O) groups excluding carboxylic acids is 1. The van der Waals surface area contributed by atoms with Gasteiger partial charge in [0.2, 0.25) is 5.91 Å². The Morgan fingerprint density at radius 2 is 1.74 bits per heavy atom. The Morgan fingerprint density at radius 3 is 2.41 bits per heavy atom. The van der Waals surface area contributed by atoms with E-state index in [1.54, 1.807) is 6.08 Å². The molecule has 0 spiro atoms. The Morgan fingerprint density at radius 1 is 1.04 bits per heavy atom. The molecular formula is C23H28N2O2. The lowest BCUT2D eigenvalue weighted by molar-refractivity contribution is -0.127. The van der Waals surface area contributed by atoms with Crippen molar-refractivity contribution >= 4 is 12.0 Å². The molecule has 0 N–H and O–H groups in total. The highest BCUT2D eigenvalue weighted by Gasteiger charge is 2.19. The molecule has 0 radical (unpaired) electrons. The minimum atomic E-state index is 0.0828. The summed E-state index contributed by atoms with van der Waals surface area (Å²) in [6.45, 7) is 9.11. The summed E-state index contributed by atoms with van der Waals surface area (Å²) in [5.74, 6) is 0.935. The predicted octanol–water partition coefficient (Wildman–Crippen LogP) is 3.75. The maximum Gasteiger partial charge on any atom is 0.246 e. The SMILES string of the molecule is CCOc1ccc(/C=C/C(=O)N2CCN(Cc3ccccc3C)CC2)cc1. The van der Waals surface area contributed by atoms with Gasteiger partial charge in [-0.3, -0.25) is 9.69 Å². The van der Waals surface area contributed by atoms with Crippen LogP contribution in [0.5, 0.6) is 5.75 Å². The number of hydrogen-bond acceptors (Lipinski definition) is 3. The van der Waals surface area contributed by atoms with Gasteiger partial charge in [-0.2, -0.15) is 0 Å². The predicted molar refractivity (Wildman–Crippen MR) is 110 cm³/mol. The van der Waals surface area contributed by atoms with Crippen molar-refractivity contribution in [2.45, 2.75) is 20.4 Å². The Labute approximate surface area is 162 Å². The van der Waals surface area contributed by atoms with Gasteiger partial charge in [-0.1, -0.05) is 36.4 Å². The number of ether oxygens (including phenoxy) is 1. The third-order valence-electron chi connectivity index (χ3n) is 4.95. The van der Waals surface area contributed by atoms with Crippen LogP contribution in [0.1, 0.15) is 23.6 Å². The van der Waals surface area contributed by atoms with Crippen molar-refractivity contribution in [3.8, 4) is 5.75 Å². The number of carbonyl (C=O) groups is 1. The minimum Gasteiger partial charge on any atom is -0.494 e. The molecule has 1 amide bonds. The van der Waals surface area contributed by atoms with Crippen molar-refractivity contribution in [1.29, 1.82) is 0 Å². The number of hydrogen-bond donors (Lipinski definition) is 0. The summed E-state index contributed by atoms with van der Waals surface area (Å²) >= 11 is 0. The molecule has 4 heteroatoms. The molecule has 142 valence electrons. The van der Waals surface area contributed by atoms with Gasteiger partial charge in [0.15, 0.2) is 0 Å². The molecule has 27 heavy (non-hydrogen) atoms. The molecule has 0 saturated carbocycles. The largest absolute Gasteiger partial charge is 0.494 e. The van der Waals surface area contributed by atoms with Crippen LogP contribution in [-0.4, -0.2) is 48.5 Å². The number of rotatable bonds is 6. The molecule has 0 aromatic heterocycles. The zero-order chi connectivity index (χ0) is 19.1. The van der Waals surface area contributed by atoms with Crippen molar-refractivity contribution < 1.29 is 9.53 Å². The number of benzene rings is 2. The number of amides is 1. The van der Waals surface area contributed by atoms with Crippen molar-refractivity contribution in [2.24, 2.45) is 0 Å². The van der Waals surface area contributed by atoms with E-state index >= 15 is 0 Å². The van der Waals surface area contributed by atoms with Gasteiger partial charge in [0.1, 0.15) is 5.75 Å². The molecule has 2 aromatic rings. The quantitative estimate of drug-likeness (QED) is 0.732. The number of aryl methyl sites for hydroxylation is 1. The van der Waals surface area contributed by atoms with Gasteiger partial charge in [-0.15, -0.1) is 0 Å². The zero-order valence-corrected chi connectivity index (χ0v) is 16.2. The first kappa shape index (κ1) is 19.2. The highest BCUT2D eigenvalue weighted by molar-refractivity contribution is 5.91. The van der Waals surface area contributed by atoms with Gasteiger partial charge in [-0.25, -0.2) is 0 Å². The van der Waals surface area contributed by atoms with Crippen LogP contribution < -0.4 is 4.74 Å². The monoisotopic (exact) mass is 364 g/mol. The van der Waals surface area contributed by atoms with Gasteiger partial charge < -0.3 is 9.64 Å². The topological polar surface area (TPSA) is 32.8 Å². The van der Waals surface area contributed by atoms with E-state index in [1.807, 2.05) is 42.2 Å². The molecule has 1 aliphatic rings. The number of piperazine rings is 1. The normalized spacial score (nSPS) is 15.3. The van der Waals surface area contributed by atoms with E-state index in [-0.39, 0.29) is 5.91 Å². The summed E-state index contributed by atoms with van der Waals surface area (Å²) in [7, 11) is 0. The third-order valence-corrected chi connectivity index (χ3v) is 4.95. The van der Waals surface area contributed by atoms with E-state index in [4.69, 9.17) is 4.74 Å². The molecule has 0 unspecified atom stereocenters. The molecule has 1 fully saturated rings. The van der Waals surface area contributed by atoms with Gasteiger partial charge in [0.25, 0.3) is 0 Å². The van der Waals surface area contributed by atoms with Crippen LogP contribution in [0.25, 0.3) is 6.08 Å². The summed E-state index contributed by atoms with van der Waals surface area (Å²) in [5, 5.41) is 0. The maximum atomic E-state index is 12.5. The molecule has 4 nitrogen and oxygen atoms in total. The third kappa shape index (κ3) is 5.44. The second kappa shape index (κ2) is 9.38. The molecule has 0 atom stereocenters. The van der Waals surface area contributed by atoms with E-state index in [9.17, 15) is 4.79 Å². The van der Waals surface area contributed by atoms with Gasteiger partial charge in [0, 0.05) is 38.8 Å². The van der Waals surface area contributed by atoms with Crippen LogP contribution in [0.4, 0.5) is 0 Å². The van der Waals surface area contributed by atoms with E-state index < -0.39 is 0 Å². The zero-order valence-electron chi connectivity index (χ0n) is 16.2. The summed E-state index contributed by atoms with van der Waals surface area (Å²) < 4.78 is 5.44. The van der Waals surface area contributed by atoms with E-state index in [1.165, 1.54) is 11.1 Å². The average molecular weight is 364 g/mol. The van der Waals surface area contributed by atoms with Gasteiger partial charge in [-0.05, 0) is 48.7 Å². The Hall–Kier alpha value is -2.59. The van der Waals surface area contributed by atoms with Crippen molar-refractivity contribution in [1.82, 2.24) is 9.80 Å². The van der Waals surface area contributed by atoms with Gasteiger partial charge >= 0.3 is 0 Å². The molecule has 1 saturated heterocycles. The second-order valence-corrected chi connectivity index (χ2v) is 6.86. The lowest BCUT2D eigenvalue weighted by atomic mass is 10.1. The summed E-state index contributed by atoms with van der Waals surface area (Å²) in [6, 6.07) is 16.3. The fourth-order valence-electron chi connectivity index (χ4n) is 3.27. The van der Waals surface area contributed by atoms with Gasteiger partial charge in [0.05, 0.1) is 6.61 Å². The van der Waals surface area contributed by atoms with Crippen LogP contribution in [0.2, 0.25) is 0 Å². The fourth-order valence-corrected chi connectivity index (χ4v) is 3.27. The van der Waals surface area contributed by atoms with Crippen LogP contribution in [-0.2, 0) is 11.3 Å². The van der Waals surface area contributed by atoms with Crippen molar-refractivity contribution in [2.75, 3.05) is 32.8 Å². The highest BCUT2D eigenvalue weighted by atomic mass is 16.5. The first-order chi connectivity index (χ1) is 13.2. The van der Waals surface area contributed by atoms with Crippen molar-refractivity contribution in [3.63, 3.8) is 0 Å². The molecule has 0 aliphatic carbocycles. The second-order valence-electron chi connectivity index (χ2n) is 6.86.